The maximum Gasteiger partial charge on any atom is 0.147 e. The van der Waals surface area contributed by atoms with E-state index in [9.17, 15) is 0 Å². The fourth-order valence-corrected chi connectivity index (χ4v) is 1.69. The lowest BCUT2D eigenvalue weighted by atomic mass is 10.4. The summed E-state index contributed by atoms with van der Waals surface area (Å²) >= 11 is 11.9. The van der Waals surface area contributed by atoms with Crippen molar-refractivity contribution in [1.82, 2.24) is 4.98 Å². The Morgan fingerprint density at radius 1 is 1.29 bits per heavy atom. The lowest BCUT2D eigenvalue weighted by Gasteiger charge is -2.10. The Morgan fingerprint density at radius 2 is 2.00 bits per heavy atom. The van der Waals surface area contributed by atoms with Gasteiger partial charge in [0.05, 0.1) is 29.9 Å². The molecule has 1 heterocycles. The number of rotatable bonds is 7. The summed E-state index contributed by atoms with van der Waals surface area (Å²) in [6, 6.07) is 1.62. The molecule has 0 spiro atoms. The van der Waals surface area contributed by atoms with Gasteiger partial charge in [0.2, 0.25) is 0 Å². The molecule has 0 amide bonds. The maximum absolute atomic E-state index is 8.52. The largest absolute Gasteiger partial charge is 0.394 e. The van der Waals surface area contributed by atoms with Crippen molar-refractivity contribution in [2.75, 3.05) is 44.0 Å². The fourth-order valence-electron chi connectivity index (χ4n) is 1.17. The number of aliphatic hydroxyl groups excluding tert-OH is 1. The van der Waals surface area contributed by atoms with Gasteiger partial charge in [0, 0.05) is 13.6 Å². The van der Waals surface area contributed by atoms with Crippen LogP contribution in [0.5, 0.6) is 0 Å². The Hall–Kier alpha value is -0.750. The summed E-state index contributed by atoms with van der Waals surface area (Å²) in [6.07, 6.45) is 0. The van der Waals surface area contributed by atoms with E-state index >= 15 is 0 Å². The third kappa shape index (κ3) is 4.55. The van der Waals surface area contributed by atoms with Gasteiger partial charge in [-0.15, -0.1) is 0 Å². The van der Waals surface area contributed by atoms with E-state index in [0.717, 1.165) is 0 Å². The summed E-state index contributed by atoms with van der Waals surface area (Å²) in [7, 11) is 1.73. The van der Waals surface area contributed by atoms with Crippen molar-refractivity contribution in [3.8, 4) is 0 Å². The number of ether oxygens (including phenoxy) is 1. The first-order valence-corrected chi connectivity index (χ1v) is 5.91. The summed E-state index contributed by atoms with van der Waals surface area (Å²) in [5.74, 6) is 1.11. The smallest absolute Gasteiger partial charge is 0.147 e. The third-order valence-corrected chi connectivity index (χ3v) is 2.52. The van der Waals surface area contributed by atoms with Crippen LogP contribution in [0.1, 0.15) is 0 Å². The molecule has 0 atom stereocenters. The van der Waals surface area contributed by atoms with Crippen LogP contribution in [0.15, 0.2) is 6.07 Å². The first-order valence-electron chi connectivity index (χ1n) is 5.15. The molecule has 0 aliphatic heterocycles. The summed E-state index contributed by atoms with van der Waals surface area (Å²) in [5, 5.41) is 15.3. The molecule has 5 nitrogen and oxygen atoms in total. The number of nitrogens with one attached hydrogen (secondary N) is 2. The molecule has 0 bridgehead atoms. The molecule has 3 N–H and O–H groups in total. The number of hydrogen-bond donors (Lipinski definition) is 3. The van der Waals surface area contributed by atoms with Crippen molar-refractivity contribution in [2.45, 2.75) is 0 Å². The highest BCUT2D eigenvalue weighted by Crippen LogP contribution is 2.28. The van der Waals surface area contributed by atoms with Gasteiger partial charge in [0.1, 0.15) is 11.6 Å². The zero-order valence-corrected chi connectivity index (χ0v) is 11.0. The molecule has 0 fully saturated rings. The predicted molar refractivity (Wildman–Crippen MR) is 70.2 cm³/mol. The summed E-state index contributed by atoms with van der Waals surface area (Å²) in [6.45, 7) is 1.36. The van der Waals surface area contributed by atoms with Gasteiger partial charge in [-0.1, -0.05) is 23.2 Å². The number of hydrogen-bond acceptors (Lipinski definition) is 5. The lowest BCUT2D eigenvalue weighted by molar-refractivity contribution is 0.0992. The van der Waals surface area contributed by atoms with Crippen molar-refractivity contribution in [2.24, 2.45) is 0 Å². The van der Waals surface area contributed by atoms with Gasteiger partial charge in [-0.05, 0) is 6.07 Å². The van der Waals surface area contributed by atoms with E-state index in [1.165, 1.54) is 0 Å². The highest BCUT2D eigenvalue weighted by molar-refractivity contribution is 6.37. The van der Waals surface area contributed by atoms with Gasteiger partial charge < -0.3 is 20.5 Å². The van der Waals surface area contributed by atoms with Crippen molar-refractivity contribution in [3.05, 3.63) is 16.1 Å². The molecule has 0 aromatic carbocycles. The topological polar surface area (TPSA) is 66.4 Å². The minimum Gasteiger partial charge on any atom is -0.394 e. The van der Waals surface area contributed by atoms with Crippen LogP contribution in [0.3, 0.4) is 0 Å². The van der Waals surface area contributed by atoms with E-state index < -0.39 is 0 Å². The molecule has 0 saturated heterocycles. The van der Waals surface area contributed by atoms with Crippen LogP contribution in [0.25, 0.3) is 0 Å². The molecule has 0 unspecified atom stereocenters. The quantitative estimate of drug-likeness (QED) is 0.665. The third-order valence-electron chi connectivity index (χ3n) is 1.94. The molecule has 0 radical (unpaired) electrons. The van der Waals surface area contributed by atoms with Gasteiger partial charge in [-0.25, -0.2) is 4.98 Å². The van der Waals surface area contributed by atoms with Crippen LogP contribution in [0, 0.1) is 0 Å². The first-order chi connectivity index (χ1) is 8.19. The minimum atomic E-state index is 0.0177. The van der Waals surface area contributed by atoms with Gasteiger partial charge in [-0.3, -0.25) is 0 Å². The Balaban J connectivity index is 2.52. The summed E-state index contributed by atoms with van der Waals surface area (Å²) < 4.78 is 5.10. The molecule has 7 heteroatoms. The van der Waals surface area contributed by atoms with Crippen molar-refractivity contribution in [1.29, 1.82) is 0 Å². The maximum atomic E-state index is 8.52. The zero-order chi connectivity index (χ0) is 12.7. The molecule has 1 aromatic heterocycles. The highest BCUT2D eigenvalue weighted by atomic mass is 35.5. The number of pyridine rings is 1. The highest BCUT2D eigenvalue weighted by Gasteiger charge is 2.07. The average Bonchev–Trinajstić information content (AvgIpc) is 2.31. The van der Waals surface area contributed by atoms with Crippen LogP contribution < -0.4 is 10.6 Å². The minimum absolute atomic E-state index is 0.0177. The normalized spacial score (nSPS) is 10.4. The second-order valence-corrected chi connectivity index (χ2v) is 3.98. The monoisotopic (exact) mass is 279 g/mol. The van der Waals surface area contributed by atoms with Crippen molar-refractivity contribution >= 4 is 34.8 Å². The molecule has 0 aliphatic rings. The Kier molecular flexibility index (Phi) is 6.36. The molecule has 1 aromatic rings. The predicted octanol–water partition coefficient (Wildman–Crippen LogP) is 1.85. The average molecular weight is 280 g/mol. The van der Waals surface area contributed by atoms with Crippen LogP contribution in [0.2, 0.25) is 10.0 Å². The molecular formula is C10H15Cl2N3O2. The van der Waals surface area contributed by atoms with E-state index in [1.54, 1.807) is 13.1 Å². The van der Waals surface area contributed by atoms with E-state index in [0.29, 0.717) is 41.4 Å². The molecule has 0 aliphatic carbocycles. The second-order valence-electron chi connectivity index (χ2n) is 3.16. The van der Waals surface area contributed by atoms with E-state index in [2.05, 4.69) is 15.6 Å². The molecule has 0 saturated carbocycles. The van der Waals surface area contributed by atoms with E-state index in [-0.39, 0.29) is 6.61 Å². The molecule has 1 rings (SSSR count). The van der Waals surface area contributed by atoms with Crippen molar-refractivity contribution in [3.63, 3.8) is 0 Å². The van der Waals surface area contributed by atoms with E-state index in [4.69, 9.17) is 33.0 Å². The van der Waals surface area contributed by atoms with Gasteiger partial charge in [-0.2, -0.15) is 0 Å². The van der Waals surface area contributed by atoms with Crippen LogP contribution >= 0.6 is 23.2 Å². The molecule has 17 heavy (non-hydrogen) atoms. The van der Waals surface area contributed by atoms with Gasteiger partial charge >= 0.3 is 0 Å². The SMILES string of the molecule is CNc1nc(NCCOCCO)c(Cl)cc1Cl. The molecule has 96 valence electrons. The fraction of sp³-hybridized carbons (Fsp3) is 0.500. The van der Waals surface area contributed by atoms with Crippen LogP contribution in [0.4, 0.5) is 11.6 Å². The Labute approximate surface area is 110 Å². The van der Waals surface area contributed by atoms with Gasteiger partial charge in [0.25, 0.3) is 0 Å². The standard InChI is InChI=1S/C10H15Cl2N3O2/c1-13-9-7(11)6-8(12)10(15-9)14-2-4-17-5-3-16/h6,16H,2-5H2,1H3,(H2,13,14,15). The zero-order valence-electron chi connectivity index (χ0n) is 9.46. The lowest BCUT2D eigenvalue weighted by Crippen LogP contribution is -2.12. The number of aromatic nitrogens is 1. The van der Waals surface area contributed by atoms with Crippen molar-refractivity contribution < 1.29 is 9.84 Å². The molecular weight excluding hydrogens is 265 g/mol. The number of anilines is 2. The second kappa shape index (κ2) is 7.55. The number of aliphatic hydroxyl groups is 1. The Morgan fingerprint density at radius 3 is 2.65 bits per heavy atom. The van der Waals surface area contributed by atoms with Gasteiger partial charge in [0.15, 0.2) is 0 Å². The number of nitrogens with zero attached hydrogens (tertiary/aromatic N) is 1. The van der Waals surface area contributed by atoms with Crippen LogP contribution in [-0.2, 0) is 4.74 Å². The summed E-state index contributed by atoms with van der Waals surface area (Å²) in [5.41, 5.74) is 0. The number of halogens is 2. The summed E-state index contributed by atoms with van der Waals surface area (Å²) in [4.78, 5) is 4.22. The van der Waals surface area contributed by atoms with Crippen LogP contribution in [-0.4, -0.2) is 43.5 Å². The van der Waals surface area contributed by atoms with E-state index in [1.807, 2.05) is 0 Å². The first kappa shape index (κ1) is 14.3. The Bertz CT molecular complexity index is 364.